The van der Waals surface area contributed by atoms with Crippen LogP contribution in [-0.4, -0.2) is 37.1 Å². The molecule has 176 valence electrons. The van der Waals surface area contributed by atoms with Gasteiger partial charge in [0.15, 0.2) is 0 Å². The highest BCUT2D eigenvalue weighted by Gasteiger charge is 2.71. The molecular formula is C27H20ClNO6. The Kier molecular flexibility index (Phi) is 4.54. The van der Waals surface area contributed by atoms with Gasteiger partial charge in [-0.15, -0.1) is 0 Å². The number of carbonyl (C=O) groups is 3. The van der Waals surface area contributed by atoms with Gasteiger partial charge in [-0.3, -0.25) is 14.4 Å². The molecule has 0 radical (unpaired) electrons. The van der Waals surface area contributed by atoms with E-state index in [9.17, 15) is 19.5 Å². The molecule has 35 heavy (non-hydrogen) atoms. The number of benzene rings is 3. The standard InChI is InChI=1S/C27H20ClNO6/c1-34-19-12-18(20(35-2)11-17(19)28)29-24(30)22-21-13-7-3-5-9-15(13)27(26(32)33,23(22)25(29)31)16-10-6-4-8-14(16)21/h3-12,21-23H,1-2H3,(H,32,33)/t21?,22-,23+,27?/m1/s1. The van der Waals surface area contributed by atoms with E-state index in [2.05, 4.69) is 0 Å². The molecule has 2 atom stereocenters. The van der Waals surface area contributed by atoms with Crippen LogP contribution in [0.4, 0.5) is 5.69 Å². The summed E-state index contributed by atoms with van der Waals surface area (Å²) in [6.07, 6.45) is 0. The third kappa shape index (κ3) is 2.48. The topological polar surface area (TPSA) is 93.1 Å². The van der Waals surface area contributed by atoms with Crippen LogP contribution >= 0.6 is 11.6 Å². The lowest BCUT2D eigenvalue weighted by atomic mass is 9.47. The Morgan fingerprint density at radius 3 is 2.03 bits per heavy atom. The van der Waals surface area contributed by atoms with Crippen molar-refractivity contribution in [2.75, 3.05) is 19.1 Å². The minimum absolute atomic E-state index is 0.172. The summed E-state index contributed by atoms with van der Waals surface area (Å²) in [5.74, 6) is -4.18. The number of aliphatic carboxylic acids is 1. The van der Waals surface area contributed by atoms with Gasteiger partial charge in [0.1, 0.15) is 16.9 Å². The normalized spacial score (nSPS) is 25.7. The Hall–Kier alpha value is -3.84. The molecule has 1 N–H and O–H groups in total. The molecular weight excluding hydrogens is 470 g/mol. The highest BCUT2D eigenvalue weighted by atomic mass is 35.5. The lowest BCUT2D eigenvalue weighted by molar-refractivity contribution is -0.149. The number of halogens is 1. The second-order valence-corrected chi connectivity index (χ2v) is 9.35. The molecule has 0 spiro atoms. The number of imide groups is 1. The van der Waals surface area contributed by atoms with Crippen LogP contribution in [0.5, 0.6) is 11.5 Å². The van der Waals surface area contributed by atoms with Gasteiger partial charge in [-0.25, -0.2) is 4.90 Å². The molecule has 0 saturated carbocycles. The quantitative estimate of drug-likeness (QED) is 0.557. The molecule has 4 aliphatic rings. The van der Waals surface area contributed by atoms with E-state index in [0.29, 0.717) is 11.1 Å². The Bertz CT molecular complexity index is 1400. The monoisotopic (exact) mass is 489 g/mol. The molecule has 3 aliphatic carbocycles. The van der Waals surface area contributed by atoms with Crippen LogP contribution in [0.1, 0.15) is 28.2 Å². The van der Waals surface area contributed by atoms with Crippen molar-refractivity contribution < 1.29 is 29.0 Å². The minimum atomic E-state index is -1.70. The average molecular weight is 490 g/mol. The fourth-order valence-corrected chi connectivity index (χ4v) is 6.62. The van der Waals surface area contributed by atoms with Gasteiger partial charge in [0.2, 0.25) is 11.8 Å². The molecule has 7 rings (SSSR count). The summed E-state index contributed by atoms with van der Waals surface area (Å²) in [4.78, 5) is 42.5. The van der Waals surface area contributed by atoms with Crippen molar-refractivity contribution in [3.63, 3.8) is 0 Å². The van der Waals surface area contributed by atoms with Crippen molar-refractivity contribution in [1.82, 2.24) is 0 Å². The maximum atomic E-state index is 14.1. The van der Waals surface area contributed by atoms with E-state index in [1.54, 1.807) is 24.3 Å². The average Bonchev–Trinajstić information content (AvgIpc) is 3.14. The van der Waals surface area contributed by atoms with Gasteiger partial charge in [0.25, 0.3) is 0 Å². The molecule has 2 bridgehead atoms. The van der Waals surface area contributed by atoms with E-state index in [1.165, 1.54) is 26.4 Å². The SMILES string of the molecule is COc1cc(N2C(=O)[C@@H]3C4c5ccccc5C(C(=O)O)(c5ccccc54)[C@@H]3C2=O)c(OC)cc1Cl. The minimum Gasteiger partial charge on any atom is -0.495 e. The number of amides is 2. The summed E-state index contributed by atoms with van der Waals surface area (Å²) < 4.78 is 10.8. The van der Waals surface area contributed by atoms with Gasteiger partial charge in [0.05, 0.1) is 36.8 Å². The highest BCUT2D eigenvalue weighted by Crippen LogP contribution is 2.64. The lowest BCUT2D eigenvalue weighted by Gasteiger charge is -2.51. The molecule has 7 nitrogen and oxygen atoms in total. The summed E-state index contributed by atoms with van der Waals surface area (Å²) in [6, 6.07) is 17.4. The number of hydrogen-bond acceptors (Lipinski definition) is 5. The number of anilines is 1. The predicted octanol–water partition coefficient (Wildman–Crippen LogP) is 3.99. The smallest absolute Gasteiger partial charge is 0.319 e. The highest BCUT2D eigenvalue weighted by molar-refractivity contribution is 6.33. The first-order valence-corrected chi connectivity index (χ1v) is 11.5. The predicted molar refractivity (Wildman–Crippen MR) is 127 cm³/mol. The first kappa shape index (κ1) is 21.7. The lowest BCUT2D eigenvalue weighted by Crippen LogP contribution is -2.57. The molecule has 1 aliphatic heterocycles. The maximum absolute atomic E-state index is 14.1. The maximum Gasteiger partial charge on any atom is 0.319 e. The van der Waals surface area contributed by atoms with Crippen molar-refractivity contribution in [2.45, 2.75) is 11.3 Å². The van der Waals surface area contributed by atoms with E-state index in [1.807, 2.05) is 24.3 Å². The van der Waals surface area contributed by atoms with Crippen LogP contribution in [0.15, 0.2) is 60.7 Å². The van der Waals surface area contributed by atoms with Gasteiger partial charge in [-0.05, 0) is 22.3 Å². The second kappa shape index (κ2) is 7.33. The van der Waals surface area contributed by atoms with Crippen molar-refractivity contribution in [3.05, 3.63) is 87.9 Å². The van der Waals surface area contributed by atoms with E-state index in [0.717, 1.165) is 16.0 Å². The van der Waals surface area contributed by atoms with E-state index in [-0.39, 0.29) is 22.2 Å². The van der Waals surface area contributed by atoms with E-state index >= 15 is 0 Å². The number of methoxy groups -OCH3 is 2. The number of carbonyl (C=O) groups excluding carboxylic acids is 2. The van der Waals surface area contributed by atoms with Crippen LogP contribution < -0.4 is 14.4 Å². The zero-order valence-electron chi connectivity index (χ0n) is 18.8. The third-order valence-corrected chi connectivity index (χ3v) is 7.95. The summed E-state index contributed by atoms with van der Waals surface area (Å²) in [7, 11) is 2.84. The number of nitrogens with zero attached hydrogens (tertiary/aromatic N) is 1. The first-order valence-electron chi connectivity index (χ1n) is 11.1. The van der Waals surface area contributed by atoms with Gasteiger partial charge in [-0.2, -0.15) is 0 Å². The number of carboxylic acid groups (broad SMARTS) is 1. The Morgan fingerprint density at radius 1 is 0.914 bits per heavy atom. The molecule has 1 heterocycles. The zero-order valence-corrected chi connectivity index (χ0v) is 19.6. The fraction of sp³-hybridized carbons (Fsp3) is 0.222. The molecule has 3 aromatic rings. The molecule has 3 aromatic carbocycles. The van der Waals surface area contributed by atoms with Gasteiger partial charge in [0, 0.05) is 18.1 Å². The van der Waals surface area contributed by atoms with E-state index < -0.39 is 41.0 Å². The van der Waals surface area contributed by atoms with Crippen molar-refractivity contribution in [1.29, 1.82) is 0 Å². The van der Waals surface area contributed by atoms with Crippen LogP contribution in [-0.2, 0) is 19.8 Å². The molecule has 0 unspecified atom stereocenters. The third-order valence-electron chi connectivity index (χ3n) is 7.65. The first-order chi connectivity index (χ1) is 16.9. The summed E-state index contributed by atoms with van der Waals surface area (Å²) >= 11 is 6.25. The van der Waals surface area contributed by atoms with Gasteiger partial charge >= 0.3 is 5.97 Å². The molecule has 8 heteroatoms. The molecule has 0 aromatic heterocycles. The Labute approximate surface area is 205 Å². The number of hydrogen-bond donors (Lipinski definition) is 1. The van der Waals surface area contributed by atoms with E-state index in [4.69, 9.17) is 21.1 Å². The summed E-state index contributed by atoms with van der Waals surface area (Å²) in [5.41, 5.74) is 1.11. The van der Waals surface area contributed by atoms with Gasteiger partial charge in [-0.1, -0.05) is 60.1 Å². The summed E-state index contributed by atoms with van der Waals surface area (Å²) in [5, 5.41) is 11.0. The molecule has 1 fully saturated rings. The van der Waals surface area contributed by atoms with Crippen LogP contribution in [0.3, 0.4) is 0 Å². The second-order valence-electron chi connectivity index (χ2n) is 8.94. The van der Waals surface area contributed by atoms with Crippen molar-refractivity contribution in [2.24, 2.45) is 11.8 Å². The Morgan fingerprint density at radius 2 is 1.49 bits per heavy atom. The number of ether oxygens (including phenoxy) is 2. The zero-order chi connectivity index (χ0) is 24.6. The number of rotatable bonds is 4. The van der Waals surface area contributed by atoms with Crippen molar-refractivity contribution in [3.8, 4) is 11.5 Å². The van der Waals surface area contributed by atoms with Crippen LogP contribution in [0.25, 0.3) is 0 Å². The molecule has 1 saturated heterocycles. The molecule has 2 amide bonds. The Balaban J connectivity index is 1.65. The largest absolute Gasteiger partial charge is 0.495 e. The van der Waals surface area contributed by atoms with Crippen LogP contribution in [0, 0.1) is 11.8 Å². The van der Waals surface area contributed by atoms with Gasteiger partial charge < -0.3 is 14.6 Å². The number of carboxylic acids is 1. The fourth-order valence-electron chi connectivity index (χ4n) is 6.39. The van der Waals surface area contributed by atoms with Crippen molar-refractivity contribution >= 4 is 35.1 Å². The van der Waals surface area contributed by atoms with Crippen LogP contribution in [0.2, 0.25) is 5.02 Å². The summed E-state index contributed by atoms with van der Waals surface area (Å²) in [6.45, 7) is 0.